The molecular weight excluding hydrogens is 418 g/mol. The highest BCUT2D eigenvalue weighted by molar-refractivity contribution is 7.98. The van der Waals surface area contributed by atoms with Crippen LogP contribution in [0, 0.1) is 0 Å². The average molecular weight is 444 g/mol. The highest BCUT2D eigenvalue weighted by atomic mass is 35.5. The van der Waals surface area contributed by atoms with Gasteiger partial charge in [-0.3, -0.25) is 4.90 Å². The third kappa shape index (κ3) is 3.36. The van der Waals surface area contributed by atoms with E-state index < -0.39 is 0 Å². The van der Waals surface area contributed by atoms with E-state index in [1.165, 1.54) is 18.4 Å². The standard InChI is InChI=1S/C22H26ClN5OS/c1-22(13-29-14-22)26-6-4-15(5-7-26)19-9-21-16(8-20(19)23)10-25-28(21)17-11-24-27(12-17)30-18-2-3-18/h8-12,15,18H,2-7,13-14H2,1H3. The smallest absolute Gasteiger partial charge is 0.104 e. The van der Waals surface area contributed by atoms with Crippen LogP contribution in [-0.4, -0.2) is 61.0 Å². The van der Waals surface area contributed by atoms with Crippen LogP contribution in [0.5, 0.6) is 0 Å². The summed E-state index contributed by atoms with van der Waals surface area (Å²) in [4.78, 5) is 2.59. The molecule has 0 bridgehead atoms. The van der Waals surface area contributed by atoms with E-state index >= 15 is 0 Å². The Morgan fingerprint density at radius 2 is 1.90 bits per heavy atom. The molecule has 8 heteroatoms. The Kier molecular flexibility index (Phi) is 4.64. The van der Waals surface area contributed by atoms with E-state index in [1.54, 1.807) is 11.9 Å². The van der Waals surface area contributed by atoms with Gasteiger partial charge in [0.25, 0.3) is 0 Å². The number of likely N-dealkylation sites (tertiary alicyclic amines) is 1. The van der Waals surface area contributed by atoms with Crippen LogP contribution < -0.4 is 0 Å². The summed E-state index contributed by atoms with van der Waals surface area (Å²) in [5, 5.41) is 11.8. The molecule has 2 saturated heterocycles. The van der Waals surface area contributed by atoms with Gasteiger partial charge in [-0.1, -0.05) is 11.6 Å². The molecule has 0 atom stereocenters. The summed E-state index contributed by atoms with van der Waals surface area (Å²) < 4.78 is 9.43. The number of hydrogen-bond donors (Lipinski definition) is 0. The van der Waals surface area contributed by atoms with Gasteiger partial charge in [0, 0.05) is 15.7 Å². The van der Waals surface area contributed by atoms with Crippen molar-refractivity contribution in [3.63, 3.8) is 0 Å². The number of halogens is 1. The van der Waals surface area contributed by atoms with Crippen molar-refractivity contribution in [2.24, 2.45) is 0 Å². The van der Waals surface area contributed by atoms with Crippen LogP contribution in [0.3, 0.4) is 0 Å². The van der Waals surface area contributed by atoms with Crippen molar-refractivity contribution in [2.75, 3.05) is 26.3 Å². The van der Waals surface area contributed by atoms with Gasteiger partial charge < -0.3 is 4.74 Å². The third-order valence-electron chi connectivity index (χ3n) is 6.78. The number of ether oxygens (including phenoxy) is 1. The van der Waals surface area contributed by atoms with Crippen LogP contribution >= 0.6 is 23.5 Å². The van der Waals surface area contributed by atoms with Gasteiger partial charge in [-0.05, 0) is 81.3 Å². The molecule has 4 heterocycles. The first-order valence-electron chi connectivity index (χ1n) is 10.8. The van der Waals surface area contributed by atoms with Gasteiger partial charge in [0.2, 0.25) is 0 Å². The summed E-state index contributed by atoms with van der Waals surface area (Å²) in [6.07, 6.45) is 10.7. The number of rotatable bonds is 5. The fourth-order valence-electron chi connectivity index (χ4n) is 4.68. The SMILES string of the molecule is CC1(N2CCC(c3cc4c(cnn4-c4cnn(SC5CC5)c4)cc3Cl)CC2)COC1. The summed E-state index contributed by atoms with van der Waals surface area (Å²) in [5.41, 5.74) is 3.59. The van der Waals surface area contributed by atoms with Crippen molar-refractivity contribution in [1.82, 2.24) is 23.9 Å². The van der Waals surface area contributed by atoms with Gasteiger partial charge in [0.15, 0.2) is 0 Å². The Balaban J connectivity index is 1.26. The number of nitrogens with zero attached hydrogens (tertiary/aromatic N) is 5. The van der Waals surface area contributed by atoms with Crippen LogP contribution in [0.4, 0.5) is 0 Å². The second-order valence-corrected chi connectivity index (χ2v) is 10.8. The third-order valence-corrected chi connectivity index (χ3v) is 8.30. The molecule has 0 N–H and O–H groups in total. The molecule has 0 amide bonds. The summed E-state index contributed by atoms with van der Waals surface area (Å²) in [6, 6.07) is 4.33. The van der Waals surface area contributed by atoms with E-state index in [-0.39, 0.29) is 5.54 Å². The summed E-state index contributed by atoms with van der Waals surface area (Å²) in [7, 11) is 0. The molecule has 2 aliphatic heterocycles. The zero-order chi connectivity index (χ0) is 20.3. The highest BCUT2D eigenvalue weighted by Crippen LogP contribution is 2.39. The zero-order valence-electron chi connectivity index (χ0n) is 17.1. The molecule has 6 rings (SSSR count). The van der Waals surface area contributed by atoms with Gasteiger partial charge in [-0.15, -0.1) is 0 Å². The van der Waals surface area contributed by atoms with E-state index in [0.717, 1.165) is 66.0 Å². The lowest BCUT2D eigenvalue weighted by molar-refractivity contribution is -0.136. The van der Waals surface area contributed by atoms with Crippen LogP contribution in [0.2, 0.25) is 5.02 Å². The van der Waals surface area contributed by atoms with Crippen molar-refractivity contribution < 1.29 is 4.74 Å². The fourth-order valence-corrected chi connectivity index (χ4v) is 5.93. The first-order valence-corrected chi connectivity index (χ1v) is 12.0. The topological polar surface area (TPSA) is 48.1 Å². The van der Waals surface area contributed by atoms with Crippen LogP contribution in [0.1, 0.15) is 44.1 Å². The van der Waals surface area contributed by atoms with Crippen molar-refractivity contribution in [1.29, 1.82) is 0 Å². The predicted molar refractivity (Wildman–Crippen MR) is 121 cm³/mol. The molecule has 1 aromatic carbocycles. The van der Waals surface area contributed by atoms with Crippen molar-refractivity contribution in [3.8, 4) is 5.69 Å². The molecule has 3 fully saturated rings. The van der Waals surface area contributed by atoms with E-state index in [9.17, 15) is 0 Å². The van der Waals surface area contributed by atoms with E-state index in [4.69, 9.17) is 16.3 Å². The highest BCUT2D eigenvalue weighted by Gasteiger charge is 2.41. The second kappa shape index (κ2) is 7.26. The molecule has 2 aromatic heterocycles. The number of hydrogen-bond acceptors (Lipinski definition) is 5. The first-order chi connectivity index (χ1) is 14.6. The minimum atomic E-state index is 0.232. The lowest BCUT2D eigenvalue weighted by atomic mass is 9.86. The fraction of sp³-hybridized carbons (Fsp3) is 0.545. The minimum Gasteiger partial charge on any atom is -0.377 e. The number of benzene rings is 1. The quantitative estimate of drug-likeness (QED) is 0.581. The molecular formula is C22H26ClN5OS. The Bertz CT molecular complexity index is 1080. The van der Waals surface area contributed by atoms with Crippen LogP contribution in [0.25, 0.3) is 16.6 Å². The van der Waals surface area contributed by atoms with Crippen molar-refractivity contribution >= 4 is 34.5 Å². The summed E-state index contributed by atoms with van der Waals surface area (Å²) >= 11 is 8.53. The molecule has 3 aliphatic rings. The van der Waals surface area contributed by atoms with E-state index in [1.807, 2.05) is 21.2 Å². The summed E-state index contributed by atoms with van der Waals surface area (Å²) in [6.45, 7) is 6.23. The van der Waals surface area contributed by atoms with Crippen molar-refractivity contribution in [2.45, 2.75) is 49.3 Å². The maximum Gasteiger partial charge on any atom is 0.104 e. The minimum absolute atomic E-state index is 0.232. The predicted octanol–water partition coefficient (Wildman–Crippen LogP) is 4.50. The average Bonchev–Trinajstić information content (AvgIpc) is 3.26. The molecule has 3 aromatic rings. The van der Waals surface area contributed by atoms with Crippen LogP contribution in [-0.2, 0) is 4.74 Å². The molecule has 0 spiro atoms. The lowest BCUT2D eigenvalue weighted by Crippen LogP contribution is -2.61. The monoisotopic (exact) mass is 443 g/mol. The van der Waals surface area contributed by atoms with Gasteiger partial charge in [0.05, 0.1) is 42.9 Å². The summed E-state index contributed by atoms with van der Waals surface area (Å²) in [5.74, 6) is 0.485. The molecule has 1 saturated carbocycles. The van der Waals surface area contributed by atoms with Gasteiger partial charge in [-0.25, -0.2) is 8.77 Å². The van der Waals surface area contributed by atoms with E-state index in [2.05, 4.69) is 40.4 Å². The molecule has 158 valence electrons. The Morgan fingerprint density at radius 3 is 2.60 bits per heavy atom. The molecule has 30 heavy (non-hydrogen) atoms. The molecule has 6 nitrogen and oxygen atoms in total. The Labute approximate surface area is 185 Å². The second-order valence-electron chi connectivity index (χ2n) is 9.15. The largest absolute Gasteiger partial charge is 0.377 e. The Hall–Kier alpha value is -1.54. The number of aromatic nitrogens is 4. The van der Waals surface area contributed by atoms with Gasteiger partial charge in [-0.2, -0.15) is 10.2 Å². The zero-order valence-corrected chi connectivity index (χ0v) is 18.7. The Morgan fingerprint density at radius 1 is 1.10 bits per heavy atom. The van der Waals surface area contributed by atoms with Crippen LogP contribution in [0.15, 0.2) is 30.7 Å². The van der Waals surface area contributed by atoms with Gasteiger partial charge in [0.1, 0.15) is 5.69 Å². The normalized spacial score (nSPS) is 22.5. The van der Waals surface area contributed by atoms with Crippen molar-refractivity contribution in [3.05, 3.63) is 41.3 Å². The lowest BCUT2D eigenvalue weighted by Gasteiger charge is -2.50. The number of fused-ring (bicyclic) bond motifs is 1. The van der Waals surface area contributed by atoms with E-state index in [0.29, 0.717) is 5.92 Å². The maximum absolute atomic E-state index is 6.73. The van der Waals surface area contributed by atoms with Gasteiger partial charge >= 0.3 is 0 Å². The molecule has 0 unspecified atom stereocenters. The maximum atomic E-state index is 6.73. The first kappa shape index (κ1) is 19.2. The molecule has 1 aliphatic carbocycles. The molecule has 0 radical (unpaired) electrons. The number of piperidine rings is 1.